The van der Waals surface area contributed by atoms with Crippen LogP contribution in [0.3, 0.4) is 0 Å². The molecule has 2 aromatic heterocycles. The molecule has 2 heterocycles. The van der Waals surface area contributed by atoms with E-state index in [0.717, 1.165) is 29.4 Å². The van der Waals surface area contributed by atoms with Gasteiger partial charge in [-0.1, -0.05) is 29.4 Å². The number of H-pyrrole nitrogens is 1. The van der Waals surface area contributed by atoms with Crippen molar-refractivity contribution in [2.75, 3.05) is 0 Å². The van der Waals surface area contributed by atoms with Gasteiger partial charge in [0.25, 0.3) is 0 Å². The van der Waals surface area contributed by atoms with Crippen LogP contribution in [0.25, 0.3) is 33.1 Å². The van der Waals surface area contributed by atoms with E-state index in [0.29, 0.717) is 5.56 Å². The maximum Gasteiger partial charge on any atom is 0.170 e. The van der Waals surface area contributed by atoms with E-state index in [2.05, 4.69) is 33.3 Å². The van der Waals surface area contributed by atoms with E-state index in [-0.39, 0.29) is 5.84 Å². The van der Waals surface area contributed by atoms with Crippen molar-refractivity contribution >= 4 is 27.6 Å². The maximum absolute atomic E-state index is 8.87. The second-order valence-corrected chi connectivity index (χ2v) is 7.09. The monoisotopic (exact) mass is 356 g/mol. The number of benzene rings is 2. The third-order valence-electron chi connectivity index (χ3n) is 5.59. The summed E-state index contributed by atoms with van der Waals surface area (Å²) in [4.78, 5) is 8.15. The number of rotatable bonds is 2. The van der Waals surface area contributed by atoms with Gasteiger partial charge in [-0.05, 0) is 60.6 Å². The molecule has 1 aliphatic rings. The number of amidine groups is 1. The van der Waals surface area contributed by atoms with Crippen LogP contribution in [0.15, 0.2) is 53.8 Å². The summed E-state index contributed by atoms with van der Waals surface area (Å²) in [6.07, 6.45) is 6.48. The average molecular weight is 356 g/mol. The minimum absolute atomic E-state index is 0.122. The van der Waals surface area contributed by atoms with Crippen LogP contribution < -0.4 is 5.73 Å². The molecule has 0 saturated heterocycles. The van der Waals surface area contributed by atoms with E-state index in [1.165, 1.54) is 40.4 Å². The van der Waals surface area contributed by atoms with Crippen molar-refractivity contribution in [3.05, 3.63) is 65.4 Å². The molecule has 5 heteroatoms. The number of oxime groups is 1. The van der Waals surface area contributed by atoms with Crippen LogP contribution in [0, 0.1) is 0 Å². The Hall–Kier alpha value is -3.34. The van der Waals surface area contributed by atoms with Gasteiger partial charge in [0.05, 0.1) is 5.52 Å². The fourth-order valence-electron chi connectivity index (χ4n) is 4.29. The summed E-state index contributed by atoms with van der Waals surface area (Å²) in [5, 5.41) is 14.5. The number of aromatic nitrogens is 2. The molecule has 5 rings (SSSR count). The Balaban J connectivity index is 1.76. The van der Waals surface area contributed by atoms with Gasteiger partial charge < -0.3 is 15.9 Å². The fraction of sp³-hybridized carbons (Fsp3) is 0.182. The number of pyridine rings is 1. The second-order valence-electron chi connectivity index (χ2n) is 7.09. The minimum atomic E-state index is 0.122. The molecule has 5 nitrogen and oxygen atoms in total. The van der Waals surface area contributed by atoms with E-state index in [1.807, 2.05) is 30.5 Å². The standard InChI is InChI=1S/C22H20N4O/c23-22(26-27)14-7-5-13(6-8-14)21-16-4-2-1-3-15(16)20-17-11-12-24-18(17)9-10-19(20)25-21/h5-12,25,27H,1-4H2,(H2,23,26). The van der Waals surface area contributed by atoms with E-state index in [1.54, 1.807) is 0 Å². The van der Waals surface area contributed by atoms with Crippen molar-refractivity contribution in [2.45, 2.75) is 25.7 Å². The predicted octanol–water partition coefficient (Wildman–Crippen LogP) is 4.36. The molecule has 27 heavy (non-hydrogen) atoms. The zero-order chi connectivity index (χ0) is 18.4. The third kappa shape index (κ3) is 2.46. The second kappa shape index (κ2) is 6.13. The molecule has 4 aromatic rings. The molecular formula is C22H20N4O. The van der Waals surface area contributed by atoms with Crippen molar-refractivity contribution in [3.63, 3.8) is 0 Å². The van der Waals surface area contributed by atoms with E-state index in [9.17, 15) is 0 Å². The predicted molar refractivity (Wildman–Crippen MR) is 108 cm³/mol. The van der Waals surface area contributed by atoms with Gasteiger partial charge in [0, 0.05) is 33.7 Å². The van der Waals surface area contributed by atoms with Crippen LogP contribution in [-0.2, 0) is 12.8 Å². The number of aromatic amines is 1. The first-order chi connectivity index (χ1) is 13.3. The Morgan fingerprint density at radius 3 is 2.56 bits per heavy atom. The highest BCUT2D eigenvalue weighted by atomic mass is 16.4. The van der Waals surface area contributed by atoms with Crippen LogP contribution in [0.2, 0.25) is 0 Å². The molecule has 0 bridgehead atoms. The van der Waals surface area contributed by atoms with Gasteiger partial charge in [-0.25, -0.2) is 0 Å². The number of fused-ring (bicyclic) bond motifs is 5. The number of hydrogen-bond acceptors (Lipinski definition) is 3. The summed E-state index contributed by atoms with van der Waals surface area (Å²) in [6.45, 7) is 0. The van der Waals surface area contributed by atoms with Crippen LogP contribution in [0.1, 0.15) is 29.5 Å². The van der Waals surface area contributed by atoms with Crippen LogP contribution in [0.5, 0.6) is 0 Å². The van der Waals surface area contributed by atoms with Crippen molar-refractivity contribution in [2.24, 2.45) is 10.9 Å². The molecule has 0 atom stereocenters. The molecular weight excluding hydrogens is 336 g/mol. The number of hydrogen-bond donors (Lipinski definition) is 3. The lowest BCUT2D eigenvalue weighted by Crippen LogP contribution is -2.12. The Bertz CT molecular complexity index is 1190. The van der Waals surface area contributed by atoms with E-state index < -0.39 is 0 Å². The number of nitrogens with two attached hydrogens (primary N) is 1. The zero-order valence-corrected chi connectivity index (χ0v) is 14.9. The maximum atomic E-state index is 8.87. The van der Waals surface area contributed by atoms with Gasteiger partial charge >= 0.3 is 0 Å². The smallest absolute Gasteiger partial charge is 0.170 e. The first kappa shape index (κ1) is 15.9. The first-order valence-corrected chi connectivity index (χ1v) is 9.26. The van der Waals surface area contributed by atoms with Gasteiger partial charge in [0.15, 0.2) is 5.84 Å². The highest BCUT2D eigenvalue weighted by molar-refractivity contribution is 6.08. The summed E-state index contributed by atoms with van der Waals surface area (Å²) in [7, 11) is 0. The molecule has 0 fully saturated rings. The molecule has 0 spiro atoms. The van der Waals surface area contributed by atoms with Crippen LogP contribution in [0.4, 0.5) is 0 Å². The number of nitrogens with one attached hydrogen (secondary N) is 1. The van der Waals surface area contributed by atoms with Gasteiger partial charge in [-0.2, -0.15) is 0 Å². The van der Waals surface area contributed by atoms with Crippen molar-refractivity contribution < 1.29 is 5.21 Å². The van der Waals surface area contributed by atoms with Gasteiger partial charge in [-0.3, -0.25) is 4.98 Å². The lowest BCUT2D eigenvalue weighted by molar-refractivity contribution is 0.318. The molecule has 0 aliphatic heterocycles. The van der Waals surface area contributed by atoms with Crippen molar-refractivity contribution in [1.29, 1.82) is 0 Å². The average Bonchev–Trinajstić information content (AvgIpc) is 3.21. The number of nitrogens with zero attached hydrogens (tertiary/aromatic N) is 2. The van der Waals surface area contributed by atoms with Crippen molar-refractivity contribution in [3.8, 4) is 11.3 Å². The zero-order valence-electron chi connectivity index (χ0n) is 14.9. The molecule has 4 N–H and O–H groups in total. The SMILES string of the molecule is NC(=NO)c1ccc(-c2[nH]c3ccc4nccc4c3c3c2CCCC3)cc1. The fourth-order valence-corrected chi connectivity index (χ4v) is 4.29. The van der Waals surface area contributed by atoms with Crippen LogP contribution >= 0.6 is 0 Å². The summed E-state index contributed by atoms with van der Waals surface area (Å²) in [6, 6.07) is 14.2. The van der Waals surface area contributed by atoms with Crippen molar-refractivity contribution in [1.82, 2.24) is 9.97 Å². The Morgan fingerprint density at radius 1 is 1.00 bits per heavy atom. The highest BCUT2D eigenvalue weighted by Gasteiger charge is 2.20. The third-order valence-corrected chi connectivity index (χ3v) is 5.59. The summed E-state index contributed by atoms with van der Waals surface area (Å²) in [5.41, 5.74) is 13.7. The Labute approximate surface area is 156 Å². The van der Waals surface area contributed by atoms with Crippen LogP contribution in [-0.4, -0.2) is 21.0 Å². The topological polar surface area (TPSA) is 87.3 Å². The normalized spacial score (nSPS) is 14.6. The Kier molecular flexibility index (Phi) is 3.60. The van der Waals surface area contributed by atoms with E-state index in [4.69, 9.17) is 10.9 Å². The largest absolute Gasteiger partial charge is 0.409 e. The van der Waals surface area contributed by atoms with Gasteiger partial charge in [-0.15, -0.1) is 0 Å². The van der Waals surface area contributed by atoms with E-state index >= 15 is 0 Å². The summed E-state index contributed by atoms with van der Waals surface area (Å²) < 4.78 is 0. The Morgan fingerprint density at radius 2 is 1.78 bits per heavy atom. The molecule has 1 aliphatic carbocycles. The summed E-state index contributed by atoms with van der Waals surface area (Å²) >= 11 is 0. The molecule has 0 saturated carbocycles. The lowest BCUT2D eigenvalue weighted by atomic mass is 9.85. The molecule has 0 radical (unpaired) electrons. The minimum Gasteiger partial charge on any atom is -0.409 e. The lowest BCUT2D eigenvalue weighted by Gasteiger charge is -2.23. The molecule has 134 valence electrons. The first-order valence-electron chi connectivity index (χ1n) is 9.26. The quantitative estimate of drug-likeness (QED) is 0.216. The molecule has 2 aromatic carbocycles. The van der Waals surface area contributed by atoms with Gasteiger partial charge in [0.1, 0.15) is 0 Å². The number of aryl methyl sites for hydroxylation is 1. The molecule has 0 amide bonds. The summed E-state index contributed by atoms with van der Waals surface area (Å²) in [5.74, 6) is 0.122. The molecule has 0 unspecified atom stereocenters. The van der Waals surface area contributed by atoms with Gasteiger partial charge in [0.2, 0.25) is 0 Å². The highest BCUT2D eigenvalue weighted by Crippen LogP contribution is 2.37.